The van der Waals surface area contributed by atoms with Gasteiger partial charge in [0.1, 0.15) is 6.61 Å². The molecule has 0 bridgehead atoms. The average Bonchev–Trinajstić information content (AvgIpc) is 3.24. The molecule has 3 N–H and O–H groups in total. The van der Waals surface area contributed by atoms with Crippen molar-refractivity contribution in [3.8, 4) is 11.4 Å². The number of carbonyl (C=O) groups is 1. The Morgan fingerprint density at radius 3 is 2.67 bits per heavy atom. The van der Waals surface area contributed by atoms with Crippen LogP contribution in [0.4, 0.5) is 17.3 Å². The summed E-state index contributed by atoms with van der Waals surface area (Å²) >= 11 is 0. The van der Waals surface area contributed by atoms with Crippen LogP contribution in [-0.2, 0) is 11.3 Å². The van der Waals surface area contributed by atoms with E-state index < -0.39 is 0 Å². The minimum Gasteiger partial charge on any atom is -0.377 e. The number of methoxy groups -OCH3 is 1. The van der Waals surface area contributed by atoms with Crippen molar-refractivity contribution in [2.45, 2.75) is 6.61 Å². The summed E-state index contributed by atoms with van der Waals surface area (Å²) in [5, 5.41) is 13.0. The number of hydrogen-bond donors (Lipinski definition) is 3. The number of H-pyrrole nitrogens is 1. The van der Waals surface area contributed by atoms with E-state index in [0.717, 1.165) is 5.56 Å². The maximum Gasteiger partial charge on any atom is 0.255 e. The number of ether oxygens (including phenoxy) is 1. The quantitative estimate of drug-likeness (QED) is 0.434. The largest absolute Gasteiger partial charge is 0.377 e. The molecule has 0 spiro atoms. The highest BCUT2D eigenvalue weighted by Crippen LogP contribution is 2.21. The first kappa shape index (κ1) is 19.2. The topological polar surface area (TPSA) is 118 Å². The fourth-order valence-corrected chi connectivity index (χ4v) is 2.80. The molecule has 2 aromatic carbocycles. The maximum atomic E-state index is 12.7. The monoisotopic (exact) mass is 401 g/mol. The van der Waals surface area contributed by atoms with E-state index >= 15 is 0 Å². The molecule has 1 amide bonds. The molecule has 0 aliphatic heterocycles. The van der Waals surface area contributed by atoms with Gasteiger partial charge in [0.2, 0.25) is 5.95 Å². The first-order chi connectivity index (χ1) is 14.7. The Morgan fingerprint density at radius 2 is 1.83 bits per heavy atom. The number of amides is 1. The van der Waals surface area contributed by atoms with Gasteiger partial charge in [0.25, 0.3) is 5.91 Å². The normalized spacial score (nSPS) is 10.6. The summed E-state index contributed by atoms with van der Waals surface area (Å²) in [4.78, 5) is 25.4. The number of hydrogen-bond acceptors (Lipinski definition) is 7. The van der Waals surface area contributed by atoms with Crippen LogP contribution in [0.3, 0.4) is 0 Å². The second kappa shape index (κ2) is 8.93. The van der Waals surface area contributed by atoms with E-state index in [1.54, 1.807) is 43.8 Å². The van der Waals surface area contributed by atoms with Gasteiger partial charge in [0.15, 0.2) is 11.6 Å². The Kier molecular flexibility index (Phi) is 5.72. The van der Waals surface area contributed by atoms with Crippen LogP contribution in [0.5, 0.6) is 0 Å². The average molecular weight is 401 g/mol. The highest BCUT2D eigenvalue weighted by atomic mass is 16.5. The third kappa shape index (κ3) is 4.65. The lowest BCUT2D eigenvalue weighted by Crippen LogP contribution is -2.12. The van der Waals surface area contributed by atoms with Gasteiger partial charge >= 0.3 is 0 Å². The Labute approximate surface area is 172 Å². The second-order valence-corrected chi connectivity index (χ2v) is 6.35. The Morgan fingerprint density at radius 1 is 1.03 bits per heavy atom. The molecular weight excluding hydrogens is 382 g/mol. The number of rotatable bonds is 7. The fourth-order valence-electron chi connectivity index (χ4n) is 2.80. The predicted octanol–water partition coefficient (Wildman–Crippen LogP) is 3.40. The van der Waals surface area contributed by atoms with Crippen molar-refractivity contribution < 1.29 is 9.53 Å². The standard InChI is InChI=1S/C21H19N7O2/c1-30-13-18-26-19(28-27-18)14-5-2-7-16(11-14)24-20(29)15-6-3-8-17(12-15)25-21-22-9-4-10-23-21/h2-12H,13H2,1H3,(H,24,29)(H,22,23,25)(H,26,27,28). The molecule has 150 valence electrons. The van der Waals surface area contributed by atoms with Crippen LogP contribution in [0.15, 0.2) is 67.0 Å². The third-order valence-electron chi connectivity index (χ3n) is 4.14. The van der Waals surface area contributed by atoms with Crippen LogP contribution in [0.2, 0.25) is 0 Å². The van der Waals surface area contributed by atoms with Gasteiger partial charge in [-0.2, -0.15) is 5.10 Å². The van der Waals surface area contributed by atoms with Crippen molar-refractivity contribution in [1.29, 1.82) is 0 Å². The lowest BCUT2D eigenvalue weighted by molar-refractivity contribution is 0.102. The highest BCUT2D eigenvalue weighted by Gasteiger charge is 2.10. The minimum absolute atomic E-state index is 0.236. The zero-order valence-corrected chi connectivity index (χ0v) is 16.2. The molecule has 0 radical (unpaired) electrons. The molecule has 0 unspecified atom stereocenters. The van der Waals surface area contributed by atoms with Crippen molar-refractivity contribution in [2.75, 3.05) is 17.7 Å². The lowest BCUT2D eigenvalue weighted by Gasteiger charge is -2.09. The molecule has 30 heavy (non-hydrogen) atoms. The van der Waals surface area contributed by atoms with Gasteiger partial charge in [-0.05, 0) is 36.4 Å². The van der Waals surface area contributed by atoms with Crippen molar-refractivity contribution in [2.24, 2.45) is 0 Å². The van der Waals surface area contributed by atoms with Crippen molar-refractivity contribution in [3.63, 3.8) is 0 Å². The zero-order valence-electron chi connectivity index (χ0n) is 16.2. The van der Waals surface area contributed by atoms with Gasteiger partial charge < -0.3 is 15.4 Å². The smallest absolute Gasteiger partial charge is 0.255 e. The number of benzene rings is 2. The molecule has 9 nitrogen and oxygen atoms in total. The first-order valence-electron chi connectivity index (χ1n) is 9.17. The fraction of sp³-hybridized carbons (Fsp3) is 0.0952. The summed E-state index contributed by atoms with van der Waals surface area (Å²) in [6, 6.07) is 16.2. The van der Waals surface area contributed by atoms with Crippen LogP contribution >= 0.6 is 0 Å². The molecule has 0 fully saturated rings. The Hall–Kier alpha value is -4.11. The summed E-state index contributed by atoms with van der Waals surface area (Å²) < 4.78 is 5.05. The van der Waals surface area contributed by atoms with E-state index in [-0.39, 0.29) is 5.91 Å². The number of nitrogens with one attached hydrogen (secondary N) is 3. The number of anilines is 3. The van der Waals surface area contributed by atoms with Crippen LogP contribution in [-0.4, -0.2) is 38.2 Å². The van der Waals surface area contributed by atoms with Crippen LogP contribution in [0.1, 0.15) is 16.2 Å². The molecule has 0 saturated heterocycles. The molecule has 2 aromatic heterocycles. The Balaban J connectivity index is 1.48. The second-order valence-electron chi connectivity index (χ2n) is 6.35. The summed E-state index contributed by atoms with van der Waals surface area (Å²) in [6.07, 6.45) is 3.29. The lowest BCUT2D eigenvalue weighted by atomic mass is 10.1. The van der Waals surface area contributed by atoms with Gasteiger partial charge in [-0.1, -0.05) is 18.2 Å². The summed E-state index contributed by atoms with van der Waals surface area (Å²) in [7, 11) is 1.59. The van der Waals surface area contributed by atoms with Crippen molar-refractivity contribution in [3.05, 3.63) is 78.4 Å². The molecule has 0 atom stereocenters. The zero-order chi connectivity index (χ0) is 20.8. The predicted molar refractivity (Wildman–Crippen MR) is 112 cm³/mol. The number of aromatic amines is 1. The van der Waals surface area contributed by atoms with E-state index in [1.165, 1.54) is 0 Å². The molecule has 0 aliphatic carbocycles. The Bertz CT molecular complexity index is 1140. The van der Waals surface area contributed by atoms with Gasteiger partial charge in [-0.25, -0.2) is 15.0 Å². The first-order valence-corrected chi connectivity index (χ1v) is 9.17. The van der Waals surface area contributed by atoms with Crippen molar-refractivity contribution >= 4 is 23.2 Å². The number of aromatic nitrogens is 5. The molecule has 0 saturated carbocycles. The van der Waals surface area contributed by atoms with E-state index in [1.807, 2.05) is 30.3 Å². The SMILES string of the molecule is COCc1nc(-c2cccc(NC(=O)c3cccc(Nc4ncccn4)c3)c2)n[nH]1. The van der Waals surface area contributed by atoms with E-state index in [4.69, 9.17) is 4.74 Å². The van der Waals surface area contributed by atoms with Crippen LogP contribution in [0, 0.1) is 0 Å². The number of carbonyl (C=O) groups excluding carboxylic acids is 1. The van der Waals surface area contributed by atoms with Crippen LogP contribution < -0.4 is 10.6 Å². The molecule has 4 rings (SSSR count). The van der Waals surface area contributed by atoms with E-state index in [9.17, 15) is 4.79 Å². The van der Waals surface area contributed by atoms with Gasteiger partial charge in [-0.15, -0.1) is 0 Å². The van der Waals surface area contributed by atoms with E-state index in [0.29, 0.717) is 41.1 Å². The van der Waals surface area contributed by atoms with Crippen LogP contribution in [0.25, 0.3) is 11.4 Å². The summed E-state index contributed by atoms with van der Waals surface area (Å²) in [6.45, 7) is 0.349. The third-order valence-corrected chi connectivity index (χ3v) is 4.14. The van der Waals surface area contributed by atoms with Gasteiger partial charge in [0, 0.05) is 42.0 Å². The molecule has 0 aliphatic rings. The highest BCUT2D eigenvalue weighted by molar-refractivity contribution is 6.05. The minimum atomic E-state index is -0.236. The van der Waals surface area contributed by atoms with E-state index in [2.05, 4.69) is 35.8 Å². The number of nitrogens with zero attached hydrogens (tertiary/aromatic N) is 4. The van der Waals surface area contributed by atoms with Gasteiger partial charge in [-0.3, -0.25) is 9.89 Å². The summed E-state index contributed by atoms with van der Waals surface area (Å²) in [5.74, 6) is 1.39. The molecule has 9 heteroatoms. The van der Waals surface area contributed by atoms with Crippen molar-refractivity contribution in [1.82, 2.24) is 25.1 Å². The molecular formula is C21H19N7O2. The summed E-state index contributed by atoms with van der Waals surface area (Å²) in [5.41, 5.74) is 2.64. The maximum absolute atomic E-state index is 12.7. The van der Waals surface area contributed by atoms with Gasteiger partial charge in [0.05, 0.1) is 0 Å². The molecule has 2 heterocycles. The molecule has 4 aromatic rings.